The Morgan fingerprint density at radius 1 is 1.21 bits per heavy atom. The molecule has 0 unspecified atom stereocenters. The summed E-state index contributed by atoms with van der Waals surface area (Å²) in [7, 11) is 0. The van der Waals surface area contributed by atoms with E-state index in [1.165, 1.54) is 0 Å². The van der Waals surface area contributed by atoms with E-state index in [1.807, 2.05) is 29.1 Å². The molecule has 2 fully saturated rings. The molecule has 0 N–H and O–H groups in total. The third kappa shape index (κ3) is 4.62. The van der Waals surface area contributed by atoms with E-state index in [2.05, 4.69) is 21.3 Å². The lowest BCUT2D eigenvalue weighted by atomic mass is 9.84. The van der Waals surface area contributed by atoms with Gasteiger partial charge in [0, 0.05) is 35.9 Å². The van der Waals surface area contributed by atoms with Crippen molar-refractivity contribution in [2.24, 2.45) is 0 Å². The number of fused-ring (bicyclic) bond motifs is 1. The Hall–Kier alpha value is -3.94. The second kappa shape index (κ2) is 9.98. The molecule has 1 saturated carbocycles. The topological polar surface area (TPSA) is 112 Å². The molecule has 10 nitrogen and oxygen atoms in total. The maximum absolute atomic E-state index is 13.1. The number of halogens is 2. The highest BCUT2D eigenvalue weighted by molar-refractivity contribution is 6.36. The van der Waals surface area contributed by atoms with Crippen LogP contribution in [0.1, 0.15) is 42.5 Å². The first kappa shape index (κ1) is 25.3. The van der Waals surface area contributed by atoms with Gasteiger partial charge in [-0.3, -0.25) is 19.2 Å². The van der Waals surface area contributed by atoms with Crippen LogP contribution in [0.4, 0.5) is 5.95 Å². The minimum atomic E-state index is -0.560. The molecular formula is C27H24Cl2N8O2. The van der Waals surface area contributed by atoms with Crippen molar-refractivity contribution in [3.63, 3.8) is 0 Å². The van der Waals surface area contributed by atoms with Gasteiger partial charge in [0.05, 0.1) is 40.5 Å². The van der Waals surface area contributed by atoms with Crippen LogP contribution in [0, 0.1) is 11.3 Å². The Balaban J connectivity index is 1.26. The van der Waals surface area contributed by atoms with Crippen molar-refractivity contribution in [2.75, 3.05) is 18.0 Å². The van der Waals surface area contributed by atoms with Crippen molar-refractivity contribution in [3.8, 4) is 17.3 Å². The third-order valence-corrected chi connectivity index (χ3v) is 8.10. The zero-order chi connectivity index (χ0) is 27.1. The smallest absolute Gasteiger partial charge is 0.255 e. The largest absolute Gasteiger partial charge is 0.338 e. The Bertz CT molecular complexity index is 1610. The molecule has 0 bridgehead atoms. The summed E-state index contributed by atoms with van der Waals surface area (Å²) in [4.78, 5) is 32.7. The van der Waals surface area contributed by atoms with Gasteiger partial charge in [0.25, 0.3) is 11.9 Å². The lowest BCUT2D eigenvalue weighted by Crippen LogP contribution is -2.48. The molecular weight excluding hydrogens is 539 g/mol. The summed E-state index contributed by atoms with van der Waals surface area (Å²) in [5.74, 6) is 0.221. The number of nitriles is 1. The van der Waals surface area contributed by atoms with Crippen LogP contribution in [-0.4, -0.2) is 60.7 Å². The zero-order valence-electron chi connectivity index (χ0n) is 20.9. The number of pyridine rings is 1. The fourth-order valence-corrected chi connectivity index (χ4v) is 5.67. The van der Waals surface area contributed by atoms with Gasteiger partial charge in [-0.15, -0.1) is 5.10 Å². The van der Waals surface area contributed by atoms with E-state index in [4.69, 9.17) is 23.2 Å². The maximum Gasteiger partial charge on any atom is 0.255 e. The van der Waals surface area contributed by atoms with Crippen molar-refractivity contribution in [1.82, 2.24) is 29.3 Å². The molecule has 1 aromatic carbocycles. The van der Waals surface area contributed by atoms with Crippen LogP contribution in [0.3, 0.4) is 0 Å². The number of hydrogen-bond acceptors (Lipinski definition) is 6. The first-order valence-electron chi connectivity index (χ1n) is 12.7. The van der Waals surface area contributed by atoms with E-state index in [9.17, 15) is 14.9 Å². The highest BCUT2D eigenvalue weighted by Gasteiger charge is 2.39. The normalized spacial score (nSPS) is 16.7. The van der Waals surface area contributed by atoms with Gasteiger partial charge in [-0.1, -0.05) is 29.3 Å². The third-order valence-electron chi connectivity index (χ3n) is 7.55. The van der Waals surface area contributed by atoms with Crippen LogP contribution >= 0.6 is 23.2 Å². The van der Waals surface area contributed by atoms with E-state index in [-0.39, 0.29) is 18.4 Å². The summed E-state index contributed by atoms with van der Waals surface area (Å²) in [5, 5.41) is 19.8. The first-order chi connectivity index (χ1) is 18.9. The fourth-order valence-electron chi connectivity index (χ4n) is 5.18. The Morgan fingerprint density at radius 2 is 2.00 bits per heavy atom. The number of hydrogen-bond donors (Lipinski definition) is 0. The van der Waals surface area contributed by atoms with Crippen LogP contribution in [0.2, 0.25) is 10.0 Å². The SMILES string of the molecule is N#CCC1(n2cc(-c3cccc4nc(N(C=O)C5CC5)nn34)cn2)CCN(C(=O)c2ccc(Cl)cc2Cl)CC1. The molecule has 0 atom stereocenters. The summed E-state index contributed by atoms with van der Waals surface area (Å²) in [5.41, 5.74) is 2.06. The molecule has 0 radical (unpaired) electrons. The molecule has 4 aromatic rings. The van der Waals surface area contributed by atoms with Crippen LogP contribution in [-0.2, 0) is 10.3 Å². The number of aromatic nitrogens is 5. The molecule has 0 spiro atoms. The summed E-state index contributed by atoms with van der Waals surface area (Å²) in [6.07, 6.45) is 7.73. The number of carbonyl (C=O) groups excluding carboxylic acids is 2. The van der Waals surface area contributed by atoms with Crippen LogP contribution in [0.15, 0.2) is 48.8 Å². The molecule has 1 saturated heterocycles. The predicted molar refractivity (Wildman–Crippen MR) is 146 cm³/mol. The maximum atomic E-state index is 13.1. The molecule has 1 aliphatic carbocycles. The van der Waals surface area contributed by atoms with Gasteiger partial charge in [0.15, 0.2) is 5.65 Å². The molecule has 4 heterocycles. The van der Waals surface area contributed by atoms with E-state index >= 15 is 0 Å². The van der Waals surface area contributed by atoms with E-state index in [1.54, 1.807) is 38.7 Å². The van der Waals surface area contributed by atoms with Gasteiger partial charge in [0.1, 0.15) is 0 Å². The summed E-state index contributed by atoms with van der Waals surface area (Å²) in [6.45, 7) is 0.915. The summed E-state index contributed by atoms with van der Waals surface area (Å²) >= 11 is 12.3. The minimum absolute atomic E-state index is 0.158. The summed E-state index contributed by atoms with van der Waals surface area (Å²) in [6, 6.07) is 13.0. The lowest BCUT2D eigenvalue weighted by Gasteiger charge is -2.40. The second-order valence-electron chi connectivity index (χ2n) is 9.99. The number of rotatable bonds is 7. The van der Waals surface area contributed by atoms with E-state index < -0.39 is 5.54 Å². The van der Waals surface area contributed by atoms with Crippen molar-refractivity contribution >= 4 is 47.1 Å². The van der Waals surface area contributed by atoms with Gasteiger partial charge in [0.2, 0.25) is 6.41 Å². The van der Waals surface area contributed by atoms with Crippen molar-refractivity contribution in [2.45, 2.75) is 43.7 Å². The average molecular weight is 563 g/mol. The molecule has 2 amide bonds. The van der Waals surface area contributed by atoms with Gasteiger partial charge in [-0.25, -0.2) is 4.52 Å². The Labute approximate surface area is 234 Å². The number of likely N-dealkylation sites (tertiary alicyclic amines) is 1. The molecule has 3 aromatic heterocycles. The molecule has 198 valence electrons. The predicted octanol–water partition coefficient (Wildman–Crippen LogP) is 4.57. The molecule has 2 aliphatic rings. The molecule has 1 aliphatic heterocycles. The van der Waals surface area contributed by atoms with Crippen LogP contribution < -0.4 is 4.90 Å². The van der Waals surface area contributed by atoms with Crippen LogP contribution in [0.5, 0.6) is 0 Å². The van der Waals surface area contributed by atoms with Crippen molar-refractivity contribution < 1.29 is 9.59 Å². The average Bonchev–Trinajstić information content (AvgIpc) is 3.46. The van der Waals surface area contributed by atoms with Crippen LogP contribution in [0.25, 0.3) is 16.9 Å². The minimum Gasteiger partial charge on any atom is -0.338 e. The van der Waals surface area contributed by atoms with Gasteiger partial charge in [-0.2, -0.15) is 15.3 Å². The number of benzene rings is 1. The number of nitrogens with zero attached hydrogens (tertiary/aromatic N) is 8. The van der Waals surface area contributed by atoms with Crippen molar-refractivity contribution in [1.29, 1.82) is 5.26 Å². The summed E-state index contributed by atoms with van der Waals surface area (Å²) < 4.78 is 3.56. The molecule has 39 heavy (non-hydrogen) atoms. The van der Waals surface area contributed by atoms with E-state index in [0.29, 0.717) is 53.1 Å². The first-order valence-corrected chi connectivity index (χ1v) is 13.4. The number of anilines is 1. The highest BCUT2D eigenvalue weighted by Crippen LogP contribution is 2.36. The standard InChI is InChI=1S/C27H24Cl2N8O2/c28-19-4-7-21(22(29)14-19)25(39)34-12-9-27(8-11-30,10-13-34)36-16-18(15-31-36)23-2-1-3-24-32-26(33-37(23)24)35(17-38)20-5-6-20/h1-4,7,14-17,20H,5-6,8-10,12-13H2. The monoisotopic (exact) mass is 562 g/mol. The van der Waals surface area contributed by atoms with E-state index in [0.717, 1.165) is 30.5 Å². The molecule has 12 heteroatoms. The van der Waals surface area contributed by atoms with Gasteiger partial charge >= 0.3 is 0 Å². The van der Waals surface area contributed by atoms with Gasteiger partial charge < -0.3 is 4.90 Å². The Kier molecular flexibility index (Phi) is 6.49. The number of amides is 2. The molecule has 6 rings (SSSR count). The number of carbonyl (C=O) groups is 2. The zero-order valence-corrected chi connectivity index (χ0v) is 22.4. The Morgan fingerprint density at radius 3 is 2.69 bits per heavy atom. The lowest BCUT2D eigenvalue weighted by molar-refractivity contribution is -0.107. The van der Waals surface area contributed by atoms with Gasteiger partial charge in [-0.05, 0) is 56.0 Å². The number of piperidine rings is 1. The van der Waals surface area contributed by atoms with Crippen molar-refractivity contribution in [3.05, 3.63) is 64.4 Å². The fraction of sp³-hybridized carbons (Fsp3) is 0.333. The quantitative estimate of drug-likeness (QED) is 0.305. The highest BCUT2D eigenvalue weighted by atomic mass is 35.5. The second-order valence-corrected chi connectivity index (χ2v) is 10.8.